The van der Waals surface area contributed by atoms with Gasteiger partial charge in [-0.2, -0.15) is 0 Å². The summed E-state index contributed by atoms with van der Waals surface area (Å²) in [5, 5.41) is 1.02. The van der Waals surface area contributed by atoms with E-state index in [1.807, 2.05) is 13.0 Å². The van der Waals surface area contributed by atoms with E-state index < -0.39 is 6.49 Å². The Balaban J connectivity index is 3.28. The van der Waals surface area contributed by atoms with E-state index in [9.17, 15) is 4.57 Å². The molecule has 0 aliphatic rings. The number of benzene rings is 1. The van der Waals surface area contributed by atoms with Crippen LogP contribution in [0.1, 0.15) is 5.56 Å². The van der Waals surface area contributed by atoms with Crippen LogP contribution in [0.4, 0.5) is 0 Å². The molecular weight excluding hydrogens is 214 g/mol. The summed E-state index contributed by atoms with van der Waals surface area (Å²) < 4.78 is 11.4. The minimum atomic E-state index is -2.74. The zero-order valence-electron chi connectivity index (χ0n) is 6.84. The maximum Gasteiger partial charge on any atom is 0.196 e. The van der Waals surface area contributed by atoms with Gasteiger partial charge in [0.2, 0.25) is 0 Å². The molecule has 0 aromatic heterocycles. The van der Waals surface area contributed by atoms with Crippen molar-refractivity contribution in [3.63, 3.8) is 0 Å². The molecule has 0 saturated carbocycles. The minimum absolute atomic E-state index is 0.482. The van der Waals surface area contributed by atoms with Crippen LogP contribution in [0.25, 0.3) is 0 Å². The molecule has 0 N–H and O–H groups in total. The van der Waals surface area contributed by atoms with E-state index >= 15 is 0 Å². The molecule has 66 valence electrons. The fourth-order valence-electron chi connectivity index (χ4n) is 0.936. The molecular formula is C8H9Cl2OP. The quantitative estimate of drug-likeness (QED) is 0.666. The summed E-state index contributed by atoms with van der Waals surface area (Å²) >= 11 is 11.5. The van der Waals surface area contributed by atoms with Gasteiger partial charge in [0, 0.05) is 12.0 Å². The first kappa shape index (κ1) is 10.1. The number of halogens is 2. The van der Waals surface area contributed by atoms with E-state index in [0.717, 1.165) is 5.56 Å². The molecule has 0 amide bonds. The van der Waals surface area contributed by atoms with Crippen molar-refractivity contribution in [2.24, 2.45) is 0 Å². The monoisotopic (exact) mass is 222 g/mol. The predicted octanol–water partition coefficient (Wildman–Crippen LogP) is 3.42. The second-order valence-electron chi connectivity index (χ2n) is 2.77. The Labute approximate surface area is 81.8 Å². The van der Waals surface area contributed by atoms with Gasteiger partial charge in [-0.1, -0.05) is 17.7 Å². The van der Waals surface area contributed by atoms with Gasteiger partial charge in [0.15, 0.2) is 6.49 Å². The van der Waals surface area contributed by atoms with Gasteiger partial charge in [-0.3, -0.25) is 0 Å². The average molecular weight is 223 g/mol. The maximum atomic E-state index is 11.4. The van der Waals surface area contributed by atoms with E-state index in [0.29, 0.717) is 10.3 Å². The van der Waals surface area contributed by atoms with Gasteiger partial charge in [0.05, 0.1) is 5.02 Å². The van der Waals surface area contributed by atoms with Crippen LogP contribution in [0.5, 0.6) is 0 Å². The van der Waals surface area contributed by atoms with Crippen molar-refractivity contribution < 1.29 is 4.57 Å². The highest BCUT2D eigenvalue weighted by Gasteiger charge is 2.17. The highest BCUT2D eigenvalue weighted by Crippen LogP contribution is 2.47. The lowest BCUT2D eigenvalue weighted by Crippen LogP contribution is -2.01. The summed E-state index contributed by atoms with van der Waals surface area (Å²) in [7, 11) is 0. The molecule has 0 radical (unpaired) electrons. The number of rotatable bonds is 1. The molecule has 0 heterocycles. The van der Waals surface area contributed by atoms with Gasteiger partial charge in [0.1, 0.15) is 0 Å². The van der Waals surface area contributed by atoms with Gasteiger partial charge in [0.25, 0.3) is 0 Å². The summed E-state index contributed by atoms with van der Waals surface area (Å²) in [6, 6.07) is 5.32. The van der Waals surface area contributed by atoms with Crippen molar-refractivity contribution >= 4 is 34.6 Å². The van der Waals surface area contributed by atoms with Crippen molar-refractivity contribution in [2.45, 2.75) is 6.92 Å². The number of aryl methyl sites for hydroxylation is 1. The summed E-state index contributed by atoms with van der Waals surface area (Å²) in [5.74, 6) is 0. The maximum absolute atomic E-state index is 11.4. The fourth-order valence-corrected chi connectivity index (χ4v) is 3.01. The summed E-state index contributed by atoms with van der Waals surface area (Å²) in [6.45, 7) is 0.677. The Kier molecular flexibility index (Phi) is 2.88. The van der Waals surface area contributed by atoms with E-state index in [-0.39, 0.29) is 0 Å². The summed E-state index contributed by atoms with van der Waals surface area (Å²) in [4.78, 5) is 0. The molecule has 1 aromatic carbocycles. The topological polar surface area (TPSA) is 17.1 Å². The van der Waals surface area contributed by atoms with E-state index in [4.69, 9.17) is 22.8 Å². The minimum Gasteiger partial charge on any atom is -0.302 e. The highest BCUT2D eigenvalue weighted by atomic mass is 35.7. The Hall–Kier alpha value is 0.0300. The molecule has 1 atom stereocenters. The lowest BCUT2D eigenvalue weighted by Gasteiger charge is -2.06. The van der Waals surface area contributed by atoms with Crippen LogP contribution in [-0.4, -0.2) is 6.66 Å². The van der Waals surface area contributed by atoms with Crippen LogP contribution in [0.3, 0.4) is 0 Å². The van der Waals surface area contributed by atoms with Crippen molar-refractivity contribution in [3.8, 4) is 0 Å². The second kappa shape index (κ2) is 3.41. The normalized spacial score (nSPS) is 15.7. The summed E-state index contributed by atoms with van der Waals surface area (Å²) in [5.41, 5.74) is 1.04. The van der Waals surface area contributed by atoms with Gasteiger partial charge in [-0.25, -0.2) is 0 Å². The lowest BCUT2D eigenvalue weighted by atomic mass is 10.2. The van der Waals surface area contributed by atoms with Crippen molar-refractivity contribution in [1.29, 1.82) is 0 Å². The molecule has 0 spiro atoms. The average Bonchev–Trinajstić information content (AvgIpc) is 1.83. The predicted molar refractivity (Wildman–Crippen MR) is 55.2 cm³/mol. The Bertz CT molecular complexity index is 343. The first-order valence-electron chi connectivity index (χ1n) is 3.45. The molecule has 1 unspecified atom stereocenters. The molecule has 0 aliphatic carbocycles. The first-order chi connectivity index (χ1) is 5.41. The number of hydrogen-bond acceptors (Lipinski definition) is 1. The van der Waals surface area contributed by atoms with Gasteiger partial charge in [-0.05, 0) is 35.9 Å². The Morgan fingerprint density at radius 2 is 2.00 bits per heavy atom. The third-order valence-corrected chi connectivity index (χ3v) is 3.77. The molecule has 0 aliphatic heterocycles. The molecule has 1 rings (SSSR count). The molecule has 1 aromatic rings. The van der Waals surface area contributed by atoms with Crippen LogP contribution < -0.4 is 5.30 Å². The standard InChI is InChI=1S/C8H9Cl2OP/c1-6-3-4-8(7(9)5-6)12(2,10)11/h3-5H,1-2H3. The van der Waals surface area contributed by atoms with Crippen LogP contribution in [0.15, 0.2) is 18.2 Å². The second-order valence-corrected chi connectivity index (χ2v) is 7.24. The largest absolute Gasteiger partial charge is 0.302 e. The number of hydrogen-bond donors (Lipinski definition) is 0. The summed E-state index contributed by atoms with van der Waals surface area (Å²) in [6.07, 6.45) is 0. The third-order valence-electron chi connectivity index (χ3n) is 1.53. The molecule has 1 nitrogen and oxygen atoms in total. The van der Waals surface area contributed by atoms with Crippen LogP contribution in [0.2, 0.25) is 5.02 Å². The SMILES string of the molecule is Cc1ccc(P(C)(=O)Cl)c(Cl)c1. The Morgan fingerprint density at radius 1 is 1.42 bits per heavy atom. The van der Waals surface area contributed by atoms with Gasteiger partial charge < -0.3 is 4.57 Å². The molecule has 0 saturated heterocycles. The fraction of sp³-hybridized carbons (Fsp3) is 0.250. The van der Waals surface area contributed by atoms with Crippen molar-refractivity contribution in [1.82, 2.24) is 0 Å². The lowest BCUT2D eigenvalue weighted by molar-refractivity contribution is 0.593. The Morgan fingerprint density at radius 3 is 2.42 bits per heavy atom. The van der Waals surface area contributed by atoms with Gasteiger partial charge >= 0.3 is 0 Å². The van der Waals surface area contributed by atoms with E-state index in [2.05, 4.69) is 0 Å². The highest BCUT2D eigenvalue weighted by molar-refractivity contribution is 7.94. The zero-order valence-corrected chi connectivity index (χ0v) is 9.25. The molecule has 0 fully saturated rings. The first-order valence-corrected chi connectivity index (χ1v) is 6.89. The molecule has 12 heavy (non-hydrogen) atoms. The zero-order chi connectivity index (χ0) is 9.35. The third kappa shape index (κ3) is 2.26. The van der Waals surface area contributed by atoms with Crippen LogP contribution >= 0.6 is 29.3 Å². The van der Waals surface area contributed by atoms with E-state index in [1.54, 1.807) is 12.1 Å². The molecule has 0 bridgehead atoms. The van der Waals surface area contributed by atoms with Crippen molar-refractivity contribution in [2.75, 3.05) is 6.66 Å². The van der Waals surface area contributed by atoms with Crippen molar-refractivity contribution in [3.05, 3.63) is 28.8 Å². The van der Waals surface area contributed by atoms with E-state index in [1.165, 1.54) is 6.66 Å². The molecule has 4 heteroatoms. The van der Waals surface area contributed by atoms with Gasteiger partial charge in [-0.15, -0.1) is 0 Å². The smallest absolute Gasteiger partial charge is 0.196 e. The van der Waals surface area contributed by atoms with Crippen LogP contribution in [0, 0.1) is 6.92 Å². The van der Waals surface area contributed by atoms with Crippen LogP contribution in [-0.2, 0) is 4.57 Å².